The summed E-state index contributed by atoms with van der Waals surface area (Å²) < 4.78 is 12.7. The van der Waals surface area contributed by atoms with Crippen LogP contribution in [0.1, 0.15) is 49.4 Å². The Labute approximate surface area is 217 Å². The van der Waals surface area contributed by atoms with Gasteiger partial charge in [-0.05, 0) is 50.1 Å². The van der Waals surface area contributed by atoms with Crippen LogP contribution in [0.5, 0.6) is 5.75 Å². The van der Waals surface area contributed by atoms with Crippen LogP contribution >= 0.6 is 11.3 Å². The number of thiazole rings is 1. The third kappa shape index (κ3) is 4.19. The molecular formula is C28H27N3O5S. The summed E-state index contributed by atoms with van der Waals surface area (Å²) in [6, 6.07) is 12.1. The molecule has 8 nitrogen and oxygen atoms in total. The summed E-state index contributed by atoms with van der Waals surface area (Å²) >= 11 is 1.17. The summed E-state index contributed by atoms with van der Waals surface area (Å²) in [6.45, 7) is 5.88. The molecule has 2 aromatic carbocycles. The molecule has 2 aliphatic rings. The van der Waals surface area contributed by atoms with Gasteiger partial charge in [-0.3, -0.25) is 14.2 Å². The van der Waals surface area contributed by atoms with E-state index < -0.39 is 12.0 Å². The van der Waals surface area contributed by atoms with Crippen LogP contribution < -0.4 is 24.9 Å². The number of allylic oxidation sites excluding steroid dienone is 1. The largest absolute Gasteiger partial charge is 0.497 e. The van der Waals surface area contributed by atoms with Gasteiger partial charge in [-0.1, -0.05) is 48.4 Å². The number of hydrogen-bond donors (Lipinski definition) is 1. The first-order valence-corrected chi connectivity index (χ1v) is 13.0. The minimum Gasteiger partial charge on any atom is -0.497 e. The molecule has 2 aliphatic heterocycles. The molecule has 0 spiro atoms. The molecule has 3 aromatic rings. The fourth-order valence-corrected chi connectivity index (χ4v) is 5.92. The minimum atomic E-state index is -0.775. The number of nitrogens with one attached hydrogen (secondary N) is 1. The average Bonchev–Trinajstić information content (AvgIpc) is 3.38. The smallest absolute Gasteiger partial charge is 0.338 e. The molecule has 1 atom stereocenters. The van der Waals surface area contributed by atoms with Crippen molar-refractivity contribution in [2.45, 2.75) is 39.7 Å². The van der Waals surface area contributed by atoms with Crippen LogP contribution in [0, 0.1) is 6.92 Å². The van der Waals surface area contributed by atoms with Gasteiger partial charge in [0.05, 0.1) is 36.6 Å². The maximum atomic E-state index is 14.1. The second-order valence-corrected chi connectivity index (χ2v) is 9.87. The van der Waals surface area contributed by atoms with Crippen molar-refractivity contribution in [2.24, 2.45) is 4.99 Å². The minimum absolute atomic E-state index is 0.192. The molecule has 0 radical (unpaired) electrons. The lowest BCUT2D eigenvalue weighted by molar-refractivity contribution is -0.139. The van der Waals surface area contributed by atoms with Gasteiger partial charge < -0.3 is 14.8 Å². The molecule has 0 bridgehead atoms. The van der Waals surface area contributed by atoms with Crippen LogP contribution in [0.25, 0.3) is 5.57 Å². The second-order valence-electron chi connectivity index (χ2n) is 8.89. The van der Waals surface area contributed by atoms with Crippen LogP contribution in [-0.4, -0.2) is 30.2 Å². The predicted molar refractivity (Wildman–Crippen MR) is 141 cm³/mol. The maximum Gasteiger partial charge on any atom is 0.338 e. The summed E-state index contributed by atoms with van der Waals surface area (Å²) in [5, 5.41) is 2.86. The third-order valence-corrected chi connectivity index (χ3v) is 7.48. The zero-order chi connectivity index (χ0) is 26.3. The number of aromatic nitrogens is 1. The van der Waals surface area contributed by atoms with Crippen LogP contribution in [0.2, 0.25) is 0 Å². The van der Waals surface area contributed by atoms with Crippen molar-refractivity contribution in [2.75, 3.05) is 19.0 Å². The van der Waals surface area contributed by atoms with Crippen molar-refractivity contribution in [3.05, 3.63) is 90.1 Å². The molecule has 5 rings (SSSR count). The number of hydrogen-bond acceptors (Lipinski definition) is 7. The monoisotopic (exact) mass is 517 g/mol. The van der Waals surface area contributed by atoms with Gasteiger partial charge in [-0.15, -0.1) is 0 Å². The zero-order valence-corrected chi connectivity index (χ0v) is 21.9. The van der Waals surface area contributed by atoms with Gasteiger partial charge in [0.25, 0.3) is 11.5 Å². The number of esters is 1. The molecule has 9 heteroatoms. The fourth-order valence-electron chi connectivity index (χ4n) is 4.80. The number of nitrogens with zero attached hydrogens (tertiary/aromatic N) is 2. The van der Waals surface area contributed by atoms with Gasteiger partial charge in [0.2, 0.25) is 0 Å². The van der Waals surface area contributed by atoms with Crippen molar-refractivity contribution in [1.29, 1.82) is 0 Å². The van der Waals surface area contributed by atoms with Gasteiger partial charge in [0.15, 0.2) is 4.80 Å². The van der Waals surface area contributed by atoms with E-state index in [0.717, 1.165) is 12.0 Å². The lowest BCUT2D eigenvalue weighted by atomic mass is 9.94. The Hall–Kier alpha value is -3.98. The van der Waals surface area contributed by atoms with Crippen LogP contribution in [-0.2, 0) is 14.3 Å². The molecule has 1 N–H and O–H groups in total. The van der Waals surface area contributed by atoms with E-state index in [4.69, 9.17) is 14.5 Å². The SMILES string of the molecule is CCCC1=C(C(=O)OCC)[C@@H](c2cccc(OC)c2)n2c(s/c(=C3\C(=O)Nc4ccc(C)cc43)c2=O)=N1. The highest BCUT2D eigenvalue weighted by Crippen LogP contribution is 2.35. The first kappa shape index (κ1) is 24.7. The molecule has 3 heterocycles. The van der Waals surface area contributed by atoms with Crippen LogP contribution in [0.4, 0.5) is 5.69 Å². The third-order valence-electron chi connectivity index (χ3n) is 6.42. The number of methoxy groups -OCH3 is 1. The van der Waals surface area contributed by atoms with Gasteiger partial charge in [0, 0.05) is 11.3 Å². The van der Waals surface area contributed by atoms with Gasteiger partial charge in [-0.2, -0.15) is 0 Å². The molecule has 0 aliphatic carbocycles. The topological polar surface area (TPSA) is 99.0 Å². The quantitative estimate of drug-likeness (QED) is 0.507. The number of benzene rings is 2. The number of aryl methyl sites for hydroxylation is 1. The van der Waals surface area contributed by atoms with Gasteiger partial charge in [-0.25, -0.2) is 9.79 Å². The Bertz CT molecular complexity index is 1650. The fraction of sp³-hybridized carbons (Fsp3) is 0.286. The Morgan fingerprint density at radius 3 is 2.70 bits per heavy atom. The Morgan fingerprint density at radius 2 is 1.97 bits per heavy atom. The molecule has 190 valence electrons. The second kappa shape index (κ2) is 9.82. The van der Waals surface area contributed by atoms with Crippen molar-refractivity contribution in [3.8, 4) is 5.75 Å². The van der Waals surface area contributed by atoms with E-state index in [0.29, 0.717) is 50.6 Å². The first-order chi connectivity index (χ1) is 17.9. The zero-order valence-electron chi connectivity index (χ0n) is 21.1. The molecule has 1 aromatic heterocycles. The van der Waals surface area contributed by atoms with E-state index in [1.807, 2.05) is 44.2 Å². The number of fused-ring (bicyclic) bond motifs is 2. The summed E-state index contributed by atoms with van der Waals surface area (Å²) in [5.74, 6) is -0.249. The Balaban J connectivity index is 1.85. The van der Waals surface area contributed by atoms with Crippen molar-refractivity contribution >= 4 is 34.5 Å². The molecule has 1 amide bonds. The van der Waals surface area contributed by atoms with E-state index >= 15 is 0 Å². The molecule has 0 saturated carbocycles. The summed E-state index contributed by atoms with van der Waals surface area (Å²) in [7, 11) is 1.56. The first-order valence-electron chi connectivity index (χ1n) is 12.2. The van der Waals surface area contributed by atoms with Crippen LogP contribution in [0.3, 0.4) is 0 Å². The van der Waals surface area contributed by atoms with Gasteiger partial charge in [0.1, 0.15) is 10.3 Å². The van der Waals surface area contributed by atoms with Crippen molar-refractivity contribution in [1.82, 2.24) is 4.57 Å². The van der Waals surface area contributed by atoms with E-state index in [-0.39, 0.29) is 22.6 Å². The Morgan fingerprint density at radius 1 is 1.16 bits per heavy atom. The highest BCUT2D eigenvalue weighted by Gasteiger charge is 2.36. The standard InChI is InChI=1S/C28H27N3O5S/c1-5-8-20-22(27(34)36-6-2)23(16-9-7-10-17(14-16)35-4)31-26(33)24(37-28(31)30-20)21-18-13-15(3)11-12-19(18)29-25(21)32/h7,9-14,23H,5-6,8H2,1-4H3,(H,29,32)/b24-21-/t23-/m1/s1. The molecule has 0 unspecified atom stereocenters. The Kier molecular flexibility index (Phi) is 6.55. The molecular weight excluding hydrogens is 490 g/mol. The molecule has 0 saturated heterocycles. The number of carbonyl (C=O) groups is 2. The number of anilines is 1. The lowest BCUT2D eigenvalue weighted by Crippen LogP contribution is -2.40. The summed E-state index contributed by atoms with van der Waals surface area (Å²) in [5.41, 5.74) is 3.87. The highest BCUT2D eigenvalue weighted by atomic mass is 32.1. The van der Waals surface area contributed by atoms with E-state index in [1.165, 1.54) is 15.9 Å². The van der Waals surface area contributed by atoms with E-state index in [1.54, 1.807) is 26.2 Å². The average molecular weight is 518 g/mol. The maximum absolute atomic E-state index is 14.1. The molecule has 0 fully saturated rings. The summed E-state index contributed by atoms with van der Waals surface area (Å²) in [6.07, 6.45) is 1.29. The highest BCUT2D eigenvalue weighted by molar-refractivity contribution is 7.07. The lowest BCUT2D eigenvalue weighted by Gasteiger charge is -2.26. The van der Waals surface area contributed by atoms with E-state index in [2.05, 4.69) is 5.32 Å². The number of rotatable bonds is 6. The van der Waals surface area contributed by atoms with Gasteiger partial charge >= 0.3 is 5.97 Å². The summed E-state index contributed by atoms with van der Waals surface area (Å²) in [4.78, 5) is 45.6. The normalized spacial score (nSPS) is 17.6. The number of amides is 1. The predicted octanol–water partition coefficient (Wildman–Crippen LogP) is 3.22. The van der Waals surface area contributed by atoms with E-state index in [9.17, 15) is 14.4 Å². The number of carbonyl (C=O) groups excluding carboxylic acids is 2. The molecule has 37 heavy (non-hydrogen) atoms. The van der Waals surface area contributed by atoms with Crippen molar-refractivity contribution < 1.29 is 19.1 Å². The number of ether oxygens (including phenoxy) is 2. The van der Waals surface area contributed by atoms with Crippen molar-refractivity contribution in [3.63, 3.8) is 0 Å². The van der Waals surface area contributed by atoms with Crippen LogP contribution in [0.15, 0.2) is 63.5 Å².